The fourth-order valence-corrected chi connectivity index (χ4v) is 2.46. The largest absolute Gasteiger partial charge is 0.346 e. The second kappa shape index (κ2) is 6.62. The molecule has 0 aliphatic heterocycles. The van der Waals surface area contributed by atoms with E-state index in [1.165, 1.54) is 0 Å². The van der Waals surface area contributed by atoms with Crippen molar-refractivity contribution in [2.45, 2.75) is 13.5 Å². The van der Waals surface area contributed by atoms with Gasteiger partial charge in [-0.25, -0.2) is 4.68 Å². The van der Waals surface area contributed by atoms with Crippen molar-refractivity contribution in [2.75, 3.05) is 0 Å². The molecule has 1 aromatic heterocycles. The maximum absolute atomic E-state index is 12.3. The van der Waals surface area contributed by atoms with Crippen LogP contribution in [0.25, 0.3) is 5.69 Å². The van der Waals surface area contributed by atoms with Gasteiger partial charge in [-0.1, -0.05) is 53.2 Å². The molecule has 2 aromatic carbocycles. The Hall–Kier alpha value is -2.66. The first-order valence-electron chi connectivity index (χ1n) is 7.16. The zero-order valence-electron chi connectivity index (χ0n) is 12.5. The summed E-state index contributed by atoms with van der Waals surface area (Å²) in [6.45, 7) is 2.16. The summed E-state index contributed by atoms with van der Waals surface area (Å²) in [5, 5.41) is 11.5. The number of amides is 1. The van der Waals surface area contributed by atoms with Crippen LogP contribution in [0.4, 0.5) is 0 Å². The molecule has 0 fully saturated rings. The van der Waals surface area contributed by atoms with Crippen molar-refractivity contribution < 1.29 is 4.79 Å². The lowest BCUT2D eigenvalue weighted by Gasteiger charge is -2.06. The van der Waals surface area contributed by atoms with Crippen molar-refractivity contribution in [3.8, 4) is 5.69 Å². The number of rotatable bonds is 4. The van der Waals surface area contributed by atoms with Gasteiger partial charge in [0.25, 0.3) is 5.91 Å². The van der Waals surface area contributed by atoms with E-state index < -0.39 is 0 Å². The Labute approximate surface area is 138 Å². The maximum Gasteiger partial charge on any atom is 0.274 e. The summed E-state index contributed by atoms with van der Waals surface area (Å²) in [4.78, 5) is 12.3. The summed E-state index contributed by atoms with van der Waals surface area (Å²) < 4.78 is 1.64. The minimum Gasteiger partial charge on any atom is -0.346 e. The van der Waals surface area contributed by atoms with Crippen LogP contribution in [0.1, 0.15) is 21.7 Å². The number of carbonyl (C=O) groups is 1. The molecule has 23 heavy (non-hydrogen) atoms. The van der Waals surface area contributed by atoms with Crippen molar-refractivity contribution in [3.05, 3.63) is 76.6 Å². The van der Waals surface area contributed by atoms with Crippen LogP contribution in [-0.4, -0.2) is 20.9 Å². The van der Waals surface area contributed by atoms with Crippen molar-refractivity contribution >= 4 is 17.5 Å². The van der Waals surface area contributed by atoms with E-state index in [1.54, 1.807) is 10.7 Å². The van der Waals surface area contributed by atoms with Gasteiger partial charge < -0.3 is 5.32 Å². The first-order valence-corrected chi connectivity index (χ1v) is 7.54. The summed E-state index contributed by atoms with van der Waals surface area (Å²) in [5.74, 6) is -0.274. The van der Waals surface area contributed by atoms with Gasteiger partial charge in [0.2, 0.25) is 0 Å². The molecule has 3 rings (SSSR count). The Bertz CT molecular complexity index is 830. The average molecular weight is 327 g/mol. The summed E-state index contributed by atoms with van der Waals surface area (Å²) in [6.07, 6.45) is 0. The third-order valence-corrected chi connectivity index (χ3v) is 3.88. The Morgan fingerprint density at radius 2 is 1.83 bits per heavy atom. The summed E-state index contributed by atoms with van der Waals surface area (Å²) in [7, 11) is 0. The van der Waals surface area contributed by atoms with Crippen LogP contribution in [0.15, 0.2) is 54.6 Å². The molecule has 6 heteroatoms. The third kappa shape index (κ3) is 3.24. The van der Waals surface area contributed by atoms with Crippen molar-refractivity contribution in [1.29, 1.82) is 0 Å². The highest BCUT2D eigenvalue weighted by atomic mass is 35.5. The van der Waals surface area contributed by atoms with Gasteiger partial charge in [-0.05, 0) is 30.7 Å². The minimum atomic E-state index is -0.274. The molecule has 5 nitrogen and oxygen atoms in total. The molecule has 1 N–H and O–H groups in total. The fourth-order valence-electron chi connectivity index (χ4n) is 2.25. The Morgan fingerprint density at radius 3 is 2.57 bits per heavy atom. The van der Waals surface area contributed by atoms with Crippen LogP contribution < -0.4 is 5.32 Å². The number of para-hydroxylation sites is 1. The molecule has 0 radical (unpaired) electrons. The standard InChI is InChI=1S/C17H15ClN4O/c1-12-16(20-21-22(12)14-8-3-2-4-9-14)17(23)19-11-13-7-5-6-10-15(13)18/h2-10H,11H2,1H3,(H,19,23). The zero-order valence-corrected chi connectivity index (χ0v) is 13.3. The molecule has 0 aliphatic rings. The predicted molar refractivity (Wildman–Crippen MR) is 88.7 cm³/mol. The first kappa shape index (κ1) is 15.2. The average Bonchev–Trinajstić information content (AvgIpc) is 2.96. The molecule has 1 heterocycles. The van der Waals surface area contributed by atoms with Gasteiger partial charge >= 0.3 is 0 Å². The lowest BCUT2D eigenvalue weighted by Crippen LogP contribution is -2.24. The topological polar surface area (TPSA) is 59.8 Å². The van der Waals surface area contributed by atoms with Crippen molar-refractivity contribution in [2.24, 2.45) is 0 Å². The molecule has 1 amide bonds. The maximum atomic E-state index is 12.3. The van der Waals surface area contributed by atoms with Gasteiger partial charge in [-0.3, -0.25) is 4.79 Å². The lowest BCUT2D eigenvalue weighted by atomic mass is 10.2. The van der Waals surface area contributed by atoms with E-state index in [4.69, 9.17) is 11.6 Å². The van der Waals surface area contributed by atoms with Crippen LogP contribution in [0.3, 0.4) is 0 Å². The van der Waals surface area contributed by atoms with E-state index in [9.17, 15) is 4.79 Å². The van der Waals surface area contributed by atoms with Crippen LogP contribution in [0.5, 0.6) is 0 Å². The molecular weight excluding hydrogens is 312 g/mol. The Kier molecular flexibility index (Phi) is 4.39. The number of carbonyl (C=O) groups excluding carboxylic acids is 1. The van der Waals surface area contributed by atoms with E-state index in [0.717, 1.165) is 11.3 Å². The van der Waals surface area contributed by atoms with E-state index in [1.807, 2.05) is 55.5 Å². The van der Waals surface area contributed by atoms with Gasteiger partial charge in [-0.15, -0.1) is 5.10 Å². The van der Waals surface area contributed by atoms with Crippen molar-refractivity contribution in [3.63, 3.8) is 0 Å². The molecule has 0 atom stereocenters. The number of nitrogens with zero attached hydrogens (tertiary/aromatic N) is 3. The van der Waals surface area contributed by atoms with Gasteiger partial charge in [0.05, 0.1) is 11.4 Å². The van der Waals surface area contributed by atoms with Gasteiger partial charge in [0, 0.05) is 11.6 Å². The SMILES string of the molecule is Cc1c(C(=O)NCc2ccccc2Cl)nnn1-c1ccccc1. The van der Waals surface area contributed by atoms with E-state index in [-0.39, 0.29) is 5.91 Å². The highest BCUT2D eigenvalue weighted by molar-refractivity contribution is 6.31. The molecule has 0 bridgehead atoms. The van der Waals surface area contributed by atoms with E-state index in [0.29, 0.717) is 23.0 Å². The minimum absolute atomic E-state index is 0.274. The highest BCUT2D eigenvalue weighted by Crippen LogP contribution is 2.15. The van der Waals surface area contributed by atoms with E-state index >= 15 is 0 Å². The van der Waals surface area contributed by atoms with Gasteiger partial charge in [0.15, 0.2) is 5.69 Å². The molecule has 0 spiro atoms. The molecule has 0 saturated carbocycles. The quantitative estimate of drug-likeness (QED) is 0.801. The normalized spacial score (nSPS) is 10.5. The fraction of sp³-hybridized carbons (Fsp3) is 0.118. The van der Waals surface area contributed by atoms with Crippen LogP contribution in [-0.2, 0) is 6.54 Å². The van der Waals surface area contributed by atoms with Crippen LogP contribution in [0, 0.1) is 6.92 Å². The summed E-state index contributed by atoms with van der Waals surface area (Å²) in [5.41, 5.74) is 2.71. The highest BCUT2D eigenvalue weighted by Gasteiger charge is 2.17. The zero-order chi connectivity index (χ0) is 16.2. The van der Waals surface area contributed by atoms with Crippen LogP contribution >= 0.6 is 11.6 Å². The second-order valence-corrected chi connectivity index (χ2v) is 5.45. The smallest absolute Gasteiger partial charge is 0.274 e. The number of hydrogen-bond donors (Lipinski definition) is 1. The van der Waals surface area contributed by atoms with Gasteiger partial charge in [-0.2, -0.15) is 0 Å². The number of aromatic nitrogens is 3. The molecule has 3 aromatic rings. The van der Waals surface area contributed by atoms with E-state index in [2.05, 4.69) is 15.6 Å². The third-order valence-electron chi connectivity index (χ3n) is 3.51. The van der Waals surface area contributed by atoms with Crippen molar-refractivity contribution in [1.82, 2.24) is 20.3 Å². The molecule has 0 saturated heterocycles. The molecule has 0 unspecified atom stereocenters. The molecule has 0 aliphatic carbocycles. The Morgan fingerprint density at radius 1 is 1.13 bits per heavy atom. The number of nitrogens with one attached hydrogen (secondary N) is 1. The lowest BCUT2D eigenvalue weighted by molar-refractivity contribution is 0.0945. The number of halogens is 1. The second-order valence-electron chi connectivity index (χ2n) is 5.04. The molecular formula is C17H15ClN4O. The number of hydrogen-bond acceptors (Lipinski definition) is 3. The summed E-state index contributed by atoms with van der Waals surface area (Å²) >= 11 is 6.09. The first-order chi connectivity index (χ1) is 11.2. The van der Waals surface area contributed by atoms with Gasteiger partial charge in [0.1, 0.15) is 0 Å². The Balaban J connectivity index is 1.76. The monoisotopic (exact) mass is 326 g/mol. The predicted octanol–water partition coefficient (Wildman–Crippen LogP) is 3.16. The van der Waals surface area contributed by atoms with Crippen LogP contribution in [0.2, 0.25) is 5.02 Å². The summed E-state index contributed by atoms with van der Waals surface area (Å²) in [6, 6.07) is 17.0. The molecule has 116 valence electrons. The number of benzene rings is 2.